The number of thiazole rings is 1. The highest BCUT2D eigenvalue weighted by atomic mass is 79.9. The van der Waals surface area contributed by atoms with Crippen LogP contribution >= 0.6 is 27.3 Å². The molecule has 0 saturated heterocycles. The molecule has 0 radical (unpaired) electrons. The van der Waals surface area contributed by atoms with Crippen molar-refractivity contribution in [1.82, 2.24) is 4.98 Å². The van der Waals surface area contributed by atoms with E-state index in [1.165, 1.54) is 4.88 Å². The molecule has 2 N–H and O–H groups in total. The third-order valence-electron chi connectivity index (χ3n) is 2.64. The van der Waals surface area contributed by atoms with Crippen LogP contribution < -0.4 is 15.2 Å². The van der Waals surface area contributed by atoms with Crippen LogP contribution in [0.2, 0.25) is 0 Å². The average Bonchev–Trinajstić information content (AvgIpc) is 2.96. The van der Waals surface area contributed by atoms with Crippen molar-refractivity contribution in [3.05, 3.63) is 27.7 Å². The molecule has 4 nitrogen and oxygen atoms in total. The van der Waals surface area contributed by atoms with Gasteiger partial charge in [0.2, 0.25) is 6.79 Å². The monoisotopic (exact) mass is 326 g/mol. The van der Waals surface area contributed by atoms with Gasteiger partial charge in [-0.1, -0.05) is 0 Å². The quantitative estimate of drug-likeness (QED) is 0.942. The van der Waals surface area contributed by atoms with Crippen LogP contribution in [-0.2, 0) is 6.42 Å². The van der Waals surface area contributed by atoms with Crippen molar-refractivity contribution in [3.63, 3.8) is 0 Å². The van der Waals surface area contributed by atoms with Gasteiger partial charge in [-0.15, -0.1) is 11.3 Å². The number of ether oxygens (including phenoxy) is 2. The molecule has 94 valence electrons. The van der Waals surface area contributed by atoms with Crippen molar-refractivity contribution in [2.75, 3.05) is 13.3 Å². The Morgan fingerprint density at radius 2 is 2.17 bits per heavy atom. The van der Waals surface area contributed by atoms with E-state index in [4.69, 9.17) is 15.2 Å². The van der Waals surface area contributed by atoms with E-state index >= 15 is 0 Å². The van der Waals surface area contributed by atoms with Gasteiger partial charge in [0.1, 0.15) is 9.61 Å². The van der Waals surface area contributed by atoms with E-state index in [9.17, 15) is 0 Å². The van der Waals surface area contributed by atoms with E-state index < -0.39 is 0 Å². The molecule has 0 aliphatic carbocycles. The number of nitrogens with two attached hydrogens (primary N) is 1. The van der Waals surface area contributed by atoms with E-state index in [1.807, 2.05) is 18.2 Å². The number of aromatic nitrogens is 1. The Kier molecular flexibility index (Phi) is 3.23. The summed E-state index contributed by atoms with van der Waals surface area (Å²) in [7, 11) is 0. The fraction of sp³-hybridized carbons (Fsp3) is 0.250. The highest BCUT2D eigenvalue weighted by Crippen LogP contribution is 2.38. The van der Waals surface area contributed by atoms with E-state index in [0.717, 1.165) is 33.1 Å². The number of fused-ring (bicyclic) bond motifs is 1. The largest absolute Gasteiger partial charge is 0.454 e. The minimum absolute atomic E-state index is 0.290. The lowest BCUT2D eigenvalue weighted by atomic mass is 10.2. The van der Waals surface area contributed by atoms with Gasteiger partial charge in [-0.05, 0) is 47.1 Å². The van der Waals surface area contributed by atoms with Gasteiger partial charge in [-0.3, -0.25) is 0 Å². The van der Waals surface area contributed by atoms with E-state index in [1.54, 1.807) is 11.3 Å². The molecule has 18 heavy (non-hydrogen) atoms. The van der Waals surface area contributed by atoms with Crippen molar-refractivity contribution >= 4 is 27.3 Å². The summed E-state index contributed by atoms with van der Waals surface area (Å²) in [5, 5.41) is 0.962. The third kappa shape index (κ3) is 2.11. The lowest BCUT2D eigenvalue weighted by Crippen LogP contribution is -2.01. The van der Waals surface area contributed by atoms with E-state index in [-0.39, 0.29) is 0 Å². The molecule has 0 bridgehead atoms. The zero-order valence-electron chi connectivity index (χ0n) is 9.48. The van der Waals surface area contributed by atoms with Crippen LogP contribution in [0.3, 0.4) is 0 Å². The normalized spacial score (nSPS) is 13.0. The maximum atomic E-state index is 5.57. The number of hydrogen-bond acceptors (Lipinski definition) is 5. The first-order valence-corrected chi connectivity index (χ1v) is 7.14. The summed E-state index contributed by atoms with van der Waals surface area (Å²) in [6, 6.07) is 5.86. The Balaban J connectivity index is 1.97. The van der Waals surface area contributed by atoms with Crippen LogP contribution in [0.4, 0.5) is 0 Å². The number of halogens is 1. The lowest BCUT2D eigenvalue weighted by molar-refractivity contribution is 0.174. The Morgan fingerprint density at radius 3 is 3.00 bits per heavy atom. The molecule has 1 aliphatic rings. The number of benzene rings is 1. The number of rotatable bonds is 3. The minimum Gasteiger partial charge on any atom is -0.454 e. The highest BCUT2D eigenvalue weighted by molar-refractivity contribution is 9.10. The molecule has 2 aromatic rings. The van der Waals surface area contributed by atoms with Crippen LogP contribution in [0, 0.1) is 0 Å². The van der Waals surface area contributed by atoms with Crippen molar-refractivity contribution < 1.29 is 9.47 Å². The first kappa shape index (κ1) is 12.0. The summed E-state index contributed by atoms with van der Waals surface area (Å²) in [6.07, 6.45) is 0.836. The minimum atomic E-state index is 0.290. The lowest BCUT2D eigenvalue weighted by Gasteiger charge is -1.98. The molecule has 1 aromatic carbocycles. The fourth-order valence-corrected chi connectivity index (χ4v) is 3.47. The van der Waals surface area contributed by atoms with Crippen molar-refractivity contribution in [2.24, 2.45) is 5.73 Å². The second-order valence-corrected chi connectivity index (χ2v) is 5.67. The fourth-order valence-electron chi connectivity index (χ4n) is 1.77. The standard InChI is InChI=1S/C12H11BrN2O2S/c13-11-10(3-4-14)18-12(15-11)7-1-2-8-9(5-7)17-6-16-8/h1-2,5H,3-4,6,14H2. The molecule has 2 heterocycles. The topological polar surface area (TPSA) is 57.4 Å². The summed E-state index contributed by atoms with van der Waals surface area (Å²) in [5.74, 6) is 1.57. The molecule has 0 fully saturated rings. The third-order valence-corrected chi connectivity index (χ3v) is 4.72. The highest BCUT2D eigenvalue weighted by Gasteiger charge is 2.16. The van der Waals surface area contributed by atoms with Gasteiger partial charge < -0.3 is 15.2 Å². The molecule has 0 saturated carbocycles. The first-order chi connectivity index (χ1) is 8.78. The zero-order chi connectivity index (χ0) is 12.5. The van der Waals surface area contributed by atoms with Gasteiger partial charge in [0.15, 0.2) is 11.5 Å². The first-order valence-electron chi connectivity index (χ1n) is 5.53. The molecule has 0 atom stereocenters. The summed E-state index contributed by atoms with van der Waals surface area (Å²) in [5.41, 5.74) is 6.61. The summed E-state index contributed by atoms with van der Waals surface area (Å²) >= 11 is 5.11. The molecule has 0 spiro atoms. The molecule has 6 heteroatoms. The Hall–Kier alpha value is -1.11. The molecular weight excluding hydrogens is 316 g/mol. The van der Waals surface area contributed by atoms with Gasteiger partial charge >= 0.3 is 0 Å². The summed E-state index contributed by atoms with van der Waals surface area (Å²) < 4.78 is 11.5. The van der Waals surface area contributed by atoms with E-state index in [0.29, 0.717) is 13.3 Å². The van der Waals surface area contributed by atoms with E-state index in [2.05, 4.69) is 20.9 Å². The Bertz CT molecular complexity index is 585. The van der Waals surface area contributed by atoms with Gasteiger partial charge in [0.25, 0.3) is 0 Å². The van der Waals surface area contributed by atoms with Crippen LogP contribution in [0.25, 0.3) is 10.6 Å². The maximum absolute atomic E-state index is 5.57. The smallest absolute Gasteiger partial charge is 0.231 e. The molecule has 1 aliphatic heterocycles. The molecule has 1 aromatic heterocycles. The number of nitrogens with zero attached hydrogens (tertiary/aromatic N) is 1. The molecule has 0 amide bonds. The average molecular weight is 327 g/mol. The Morgan fingerprint density at radius 1 is 1.33 bits per heavy atom. The summed E-state index contributed by atoms with van der Waals surface area (Å²) in [6.45, 7) is 0.917. The van der Waals surface area contributed by atoms with Gasteiger partial charge in [-0.25, -0.2) is 4.98 Å². The second kappa shape index (κ2) is 4.87. The Labute approximate surface area is 117 Å². The van der Waals surface area contributed by atoms with Crippen LogP contribution in [0.15, 0.2) is 22.8 Å². The second-order valence-electron chi connectivity index (χ2n) is 3.84. The predicted molar refractivity (Wildman–Crippen MR) is 74.1 cm³/mol. The predicted octanol–water partition coefficient (Wildman–Crippen LogP) is 2.80. The maximum Gasteiger partial charge on any atom is 0.231 e. The summed E-state index contributed by atoms with van der Waals surface area (Å²) in [4.78, 5) is 5.68. The van der Waals surface area contributed by atoms with Crippen LogP contribution in [0.1, 0.15) is 4.88 Å². The van der Waals surface area contributed by atoms with Gasteiger partial charge in [0, 0.05) is 10.4 Å². The molecule has 3 rings (SSSR count). The SMILES string of the molecule is NCCc1sc(-c2ccc3c(c2)OCO3)nc1Br. The zero-order valence-corrected chi connectivity index (χ0v) is 11.9. The molecular formula is C12H11BrN2O2S. The van der Waals surface area contributed by atoms with Crippen LogP contribution in [-0.4, -0.2) is 18.3 Å². The van der Waals surface area contributed by atoms with Crippen molar-refractivity contribution in [1.29, 1.82) is 0 Å². The van der Waals surface area contributed by atoms with Crippen molar-refractivity contribution in [2.45, 2.75) is 6.42 Å². The molecule has 0 unspecified atom stereocenters. The van der Waals surface area contributed by atoms with Gasteiger partial charge in [-0.2, -0.15) is 0 Å². The number of hydrogen-bond donors (Lipinski definition) is 1. The van der Waals surface area contributed by atoms with Crippen molar-refractivity contribution in [3.8, 4) is 22.1 Å². The van der Waals surface area contributed by atoms with Crippen LogP contribution in [0.5, 0.6) is 11.5 Å². The van der Waals surface area contributed by atoms with Gasteiger partial charge in [0.05, 0.1) is 0 Å².